The Kier molecular flexibility index (Phi) is 2.81. The number of hydrogen-bond donors (Lipinski definition) is 1. The van der Waals surface area contributed by atoms with E-state index in [-0.39, 0.29) is 0 Å². The van der Waals surface area contributed by atoms with Crippen molar-refractivity contribution in [3.8, 4) is 0 Å². The molecule has 1 aromatic carbocycles. The molecule has 0 aliphatic carbocycles. The average molecular weight is 232 g/mol. The summed E-state index contributed by atoms with van der Waals surface area (Å²) in [4.78, 5) is 2.46. The van der Waals surface area contributed by atoms with E-state index in [4.69, 9.17) is 10.5 Å². The molecule has 2 aliphatic rings. The van der Waals surface area contributed by atoms with Crippen LogP contribution in [0.3, 0.4) is 0 Å². The molecule has 2 saturated heterocycles. The molecule has 2 bridgehead atoms. The summed E-state index contributed by atoms with van der Waals surface area (Å²) in [5, 5.41) is 0. The Bertz CT molecular complexity index is 407. The molecule has 0 aromatic heterocycles. The zero-order valence-electron chi connectivity index (χ0n) is 10.4. The maximum atomic E-state index is 5.86. The average Bonchev–Trinajstić information content (AvgIpc) is 2.68. The van der Waals surface area contributed by atoms with Gasteiger partial charge in [-0.15, -0.1) is 0 Å². The van der Waals surface area contributed by atoms with Crippen molar-refractivity contribution < 1.29 is 4.74 Å². The van der Waals surface area contributed by atoms with Crippen molar-refractivity contribution in [2.24, 2.45) is 5.73 Å². The lowest BCUT2D eigenvalue weighted by Gasteiger charge is -2.34. The molecule has 3 rings (SSSR count). The number of hydrogen-bond acceptors (Lipinski definition) is 3. The molecule has 3 nitrogen and oxygen atoms in total. The number of nitrogens with two attached hydrogens (primary N) is 1. The Morgan fingerprint density at radius 2 is 2.00 bits per heavy atom. The molecule has 2 N–H and O–H groups in total. The predicted octanol–water partition coefficient (Wildman–Crippen LogP) is 1.82. The fourth-order valence-electron chi connectivity index (χ4n) is 2.93. The van der Waals surface area contributed by atoms with Crippen LogP contribution in [0.25, 0.3) is 0 Å². The second kappa shape index (κ2) is 4.31. The van der Waals surface area contributed by atoms with E-state index in [0.29, 0.717) is 18.8 Å². The van der Waals surface area contributed by atoms with Crippen LogP contribution in [-0.4, -0.2) is 25.3 Å². The summed E-state index contributed by atoms with van der Waals surface area (Å²) < 4.78 is 5.86. The molecule has 2 aliphatic heterocycles. The van der Waals surface area contributed by atoms with Crippen LogP contribution in [0.15, 0.2) is 18.2 Å². The van der Waals surface area contributed by atoms with Gasteiger partial charge in [0, 0.05) is 25.3 Å². The van der Waals surface area contributed by atoms with Gasteiger partial charge in [-0.2, -0.15) is 0 Å². The van der Waals surface area contributed by atoms with Gasteiger partial charge in [0.2, 0.25) is 0 Å². The van der Waals surface area contributed by atoms with E-state index in [1.807, 2.05) is 0 Å². The number of fused-ring (bicyclic) bond motifs is 2. The Morgan fingerprint density at radius 1 is 1.29 bits per heavy atom. The van der Waals surface area contributed by atoms with E-state index in [1.54, 1.807) is 0 Å². The molecule has 0 radical (unpaired) electrons. The third-order valence-corrected chi connectivity index (χ3v) is 3.95. The maximum absolute atomic E-state index is 5.86. The van der Waals surface area contributed by atoms with Gasteiger partial charge >= 0.3 is 0 Å². The quantitative estimate of drug-likeness (QED) is 0.845. The molecule has 17 heavy (non-hydrogen) atoms. The van der Waals surface area contributed by atoms with Gasteiger partial charge in [0.05, 0.1) is 12.2 Å². The van der Waals surface area contributed by atoms with Gasteiger partial charge < -0.3 is 15.4 Å². The first-order valence-corrected chi connectivity index (χ1v) is 6.46. The lowest BCUT2D eigenvalue weighted by atomic mass is 10.1. The summed E-state index contributed by atoms with van der Waals surface area (Å²) in [6.45, 7) is 4.84. The number of rotatable bonds is 2. The largest absolute Gasteiger partial charge is 0.371 e. The smallest absolute Gasteiger partial charge is 0.0755 e. The monoisotopic (exact) mass is 232 g/mol. The van der Waals surface area contributed by atoms with Gasteiger partial charge in [0.25, 0.3) is 0 Å². The minimum atomic E-state index is 0.447. The summed E-state index contributed by atoms with van der Waals surface area (Å²) in [7, 11) is 0. The van der Waals surface area contributed by atoms with Gasteiger partial charge in [0.15, 0.2) is 0 Å². The highest BCUT2D eigenvalue weighted by molar-refractivity contribution is 5.51. The Hall–Kier alpha value is -1.06. The molecule has 2 unspecified atom stereocenters. The van der Waals surface area contributed by atoms with Gasteiger partial charge in [-0.3, -0.25) is 0 Å². The Morgan fingerprint density at radius 3 is 2.59 bits per heavy atom. The van der Waals surface area contributed by atoms with Crippen LogP contribution in [0, 0.1) is 6.92 Å². The maximum Gasteiger partial charge on any atom is 0.0755 e. The minimum Gasteiger partial charge on any atom is -0.371 e. The zero-order chi connectivity index (χ0) is 11.8. The van der Waals surface area contributed by atoms with Gasteiger partial charge in [0.1, 0.15) is 0 Å². The van der Waals surface area contributed by atoms with Crippen molar-refractivity contribution in [3.63, 3.8) is 0 Å². The fraction of sp³-hybridized carbons (Fsp3) is 0.571. The molecular formula is C14H20N2O. The van der Waals surface area contributed by atoms with E-state index in [9.17, 15) is 0 Å². The number of ether oxygens (including phenoxy) is 1. The SMILES string of the molecule is Cc1cc(N2CC3CCC(C2)O3)ccc1CN. The first-order valence-electron chi connectivity index (χ1n) is 6.46. The number of nitrogens with zero attached hydrogens (tertiary/aromatic N) is 1. The van der Waals surface area contributed by atoms with Crippen LogP contribution < -0.4 is 10.6 Å². The Labute approximate surface area is 103 Å². The lowest BCUT2D eigenvalue weighted by Crippen LogP contribution is -2.42. The second-order valence-corrected chi connectivity index (χ2v) is 5.18. The van der Waals surface area contributed by atoms with Crippen LogP contribution in [0.2, 0.25) is 0 Å². The number of aryl methyl sites for hydroxylation is 1. The lowest BCUT2D eigenvalue weighted by molar-refractivity contribution is 0.0305. The fourth-order valence-corrected chi connectivity index (χ4v) is 2.93. The van der Waals surface area contributed by atoms with E-state index in [0.717, 1.165) is 13.1 Å². The van der Waals surface area contributed by atoms with Crippen molar-refractivity contribution in [1.29, 1.82) is 0 Å². The topological polar surface area (TPSA) is 38.5 Å². The van der Waals surface area contributed by atoms with Gasteiger partial charge in [-0.05, 0) is 43.0 Å². The van der Waals surface area contributed by atoms with E-state index in [1.165, 1.54) is 29.7 Å². The summed E-state index contributed by atoms with van der Waals surface area (Å²) in [5.74, 6) is 0. The van der Waals surface area contributed by atoms with E-state index >= 15 is 0 Å². The van der Waals surface area contributed by atoms with Crippen LogP contribution >= 0.6 is 0 Å². The molecule has 0 spiro atoms. The summed E-state index contributed by atoms with van der Waals surface area (Å²) in [6.07, 6.45) is 3.34. The standard InChI is InChI=1S/C14H20N2O/c1-10-6-12(3-2-11(10)7-15)16-8-13-4-5-14(9-16)17-13/h2-3,6,13-14H,4-5,7-9,15H2,1H3. The molecule has 2 atom stereocenters. The van der Waals surface area contributed by atoms with Crippen molar-refractivity contribution in [2.75, 3.05) is 18.0 Å². The number of benzene rings is 1. The van der Waals surface area contributed by atoms with Gasteiger partial charge in [-0.1, -0.05) is 6.07 Å². The summed E-state index contributed by atoms with van der Waals surface area (Å²) >= 11 is 0. The molecular weight excluding hydrogens is 212 g/mol. The van der Waals surface area contributed by atoms with E-state index < -0.39 is 0 Å². The minimum absolute atomic E-state index is 0.447. The van der Waals surface area contributed by atoms with Crippen LogP contribution in [0.1, 0.15) is 24.0 Å². The molecule has 92 valence electrons. The molecule has 2 fully saturated rings. The molecule has 0 saturated carbocycles. The normalized spacial score (nSPS) is 27.5. The third-order valence-electron chi connectivity index (χ3n) is 3.95. The van der Waals surface area contributed by atoms with Crippen LogP contribution in [-0.2, 0) is 11.3 Å². The number of morpholine rings is 1. The number of anilines is 1. The molecule has 0 amide bonds. The van der Waals surface area contributed by atoms with Crippen molar-refractivity contribution >= 4 is 5.69 Å². The summed E-state index contributed by atoms with van der Waals surface area (Å²) in [5.41, 5.74) is 9.55. The van der Waals surface area contributed by atoms with E-state index in [2.05, 4.69) is 30.0 Å². The van der Waals surface area contributed by atoms with Crippen molar-refractivity contribution in [1.82, 2.24) is 0 Å². The highest BCUT2D eigenvalue weighted by Crippen LogP contribution is 2.30. The first kappa shape index (κ1) is 11.1. The second-order valence-electron chi connectivity index (χ2n) is 5.18. The highest BCUT2D eigenvalue weighted by Gasteiger charge is 2.33. The van der Waals surface area contributed by atoms with Crippen LogP contribution in [0.4, 0.5) is 5.69 Å². The zero-order valence-corrected chi connectivity index (χ0v) is 10.4. The molecule has 3 heteroatoms. The van der Waals surface area contributed by atoms with Crippen molar-refractivity contribution in [3.05, 3.63) is 29.3 Å². The van der Waals surface area contributed by atoms with Gasteiger partial charge in [-0.25, -0.2) is 0 Å². The molecule has 2 heterocycles. The third kappa shape index (κ3) is 2.05. The highest BCUT2D eigenvalue weighted by atomic mass is 16.5. The van der Waals surface area contributed by atoms with Crippen molar-refractivity contribution in [2.45, 2.75) is 38.5 Å². The summed E-state index contributed by atoms with van der Waals surface area (Å²) in [6, 6.07) is 6.61. The Balaban J connectivity index is 1.82. The first-order chi connectivity index (χ1) is 8.26. The predicted molar refractivity (Wildman–Crippen MR) is 69.2 cm³/mol. The molecule has 1 aromatic rings. The van der Waals surface area contributed by atoms with Crippen LogP contribution in [0.5, 0.6) is 0 Å².